The quantitative estimate of drug-likeness (QED) is 0.788. The summed E-state index contributed by atoms with van der Waals surface area (Å²) in [5.41, 5.74) is 2.29. The molecular weight excluding hydrogens is 295 g/mol. The van der Waals surface area contributed by atoms with Crippen molar-refractivity contribution in [3.05, 3.63) is 35.1 Å². The van der Waals surface area contributed by atoms with Crippen LogP contribution in [0.15, 0.2) is 18.2 Å². The van der Waals surface area contributed by atoms with E-state index in [1.54, 1.807) is 6.07 Å². The molecule has 1 aromatic carbocycles. The van der Waals surface area contributed by atoms with Crippen molar-refractivity contribution in [2.75, 3.05) is 38.1 Å². The van der Waals surface area contributed by atoms with Gasteiger partial charge in [-0.15, -0.1) is 0 Å². The fraction of sp³-hybridized carbons (Fsp3) is 0.571. The van der Waals surface area contributed by atoms with Gasteiger partial charge in [0.2, 0.25) is 0 Å². The molecule has 4 heteroatoms. The van der Waals surface area contributed by atoms with Crippen LogP contribution < -0.4 is 0 Å². The van der Waals surface area contributed by atoms with E-state index in [2.05, 4.69) is 32.7 Å². The topological polar surface area (TPSA) is 6.48 Å². The highest BCUT2D eigenvalue weighted by Gasteiger charge is 2.16. The predicted molar refractivity (Wildman–Crippen MR) is 76.6 cm³/mol. The molecule has 0 spiro atoms. The number of piperazine rings is 1. The maximum Gasteiger partial charge on any atom is 0.123 e. The van der Waals surface area contributed by atoms with E-state index in [1.165, 1.54) is 11.6 Å². The molecule has 0 aliphatic carbocycles. The molecule has 0 N–H and O–H groups in total. The van der Waals surface area contributed by atoms with Gasteiger partial charge in [0.15, 0.2) is 0 Å². The maximum absolute atomic E-state index is 13.2. The van der Waals surface area contributed by atoms with E-state index >= 15 is 0 Å². The number of halogens is 2. The molecular formula is C14H20BrFN2. The first-order valence-electron chi connectivity index (χ1n) is 6.45. The van der Waals surface area contributed by atoms with Crippen molar-refractivity contribution < 1.29 is 4.39 Å². The van der Waals surface area contributed by atoms with Crippen molar-refractivity contribution in [3.8, 4) is 0 Å². The minimum absolute atomic E-state index is 0.131. The standard InChI is InChI=1S/C14H20BrFN2/c1-12-2-3-14(16)10-13(12)11-18-8-6-17(5-4-15)7-9-18/h2-3,10H,4-9,11H2,1H3. The zero-order valence-corrected chi connectivity index (χ0v) is 12.4. The molecule has 18 heavy (non-hydrogen) atoms. The van der Waals surface area contributed by atoms with Gasteiger partial charge in [-0.05, 0) is 30.2 Å². The molecule has 0 bridgehead atoms. The van der Waals surface area contributed by atoms with Gasteiger partial charge in [-0.1, -0.05) is 22.0 Å². The molecule has 0 aromatic heterocycles. The zero-order valence-electron chi connectivity index (χ0n) is 10.8. The second-order valence-corrected chi connectivity index (χ2v) is 5.67. The summed E-state index contributed by atoms with van der Waals surface area (Å²) >= 11 is 3.47. The van der Waals surface area contributed by atoms with Gasteiger partial charge in [-0.3, -0.25) is 9.80 Å². The number of hydrogen-bond donors (Lipinski definition) is 0. The van der Waals surface area contributed by atoms with E-state index in [0.717, 1.165) is 50.2 Å². The summed E-state index contributed by atoms with van der Waals surface area (Å²) in [6.07, 6.45) is 0. The molecule has 1 saturated heterocycles. The van der Waals surface area contributed by atoms with Gasteiger partial charge >= 0.3 is 0 Å². The van der Waals surface area contributed by atoms with Crippen LogP contribution >= 0.6 is 15.9 Å². The van der Waals surface area contributed by atoms with Gasteiger partial charge < -0.3 is 0 Å². The van der Waals surface area contributed by atoms with Crippen molar-refractivity contribution in [1.82, 2.24) is 9.80 Å². The Morgan fingerprint density at radius 3 is 2.50 bits per heavy atom. The van der Waals surface area contributed by atoms with Gasteiger partial charge in [0, 0.05) is 44.6 Å². The van der Waals surface area contributed by atoms with Crippen LogP contribution in [0.25, 0.3) is 0 Å². The van der Waals surface area contributed by atoms with E-state index < -0.39 is 0 Å². The third kappa shape index (κ3) is 3.77. The Kier molecular flexibility index (Phi) is 5.15. The minimum atomic E-state index is -0.131. The van der Waals surface area contributed by atoms with Crippen LogP contribution in [0.4, 0.5) is 4.39 Å². The van der Waals surface area contributed by atoms with Gasteiger partial charge in [0.05, 0.1) is 0 Å². The fourth-order valence-corrected chi connectivity index (χ4v) is 2.84. The highest BCUT2D eigenvalue weighted by molar-refractivity contribution is 9.09. The van der Waals surface area contributed by atoms with Crippen LogP contribution in [0.5, 0.6) is 0 Å². The molecule has 0 unspecified atom stereocenters. The average molecular weight is 315 g/mol. The SMILES string of the molecule is Cc1ccc(F)cc1CN1CCN(CCBr)CC1. The third-order valence-corrected chi connectivity index (χ3v) is 3.93. The van der Waals surface area contributed by atoms with E-state index in [9.17, 15) is 4.39 Å². The second kappa shape index (κ2) is 6.64. The zero-order chi connectivity index (χ0) is 13.0. The average Bonchev–Trinajstić information content (AvgIpc) is 2.37. The Bertz CT molecular complexity index is 389. The molecule has 100 valence electrons. The Hall–Kier alpha value is -0.450. The van der Waals surface area contributed by atoms with Crippen LogP contribution in [-0.4, -0.2) is 47.9 Å². The van der Waals surface area contributed by atoms with Crippen LogP contribution in [-0.2, 0) is 6.54 Å². The molecule has 0 amide bonds. The molecule has 2 rings (SSSR count). The van der Waals surface area contributed by atoms with Gasteiger partial charge in [-0.2, -0.15) is 0 Å². The maximum atomic E-state index is 13.2. The molecule has 1 aliphatic rings. The Balaban J connectivity index is 1.89. The van der Waals surface area contributed by atoms with E-state index in [-0.39, 0.29) is 5.82 Å². The van der Waals surface area contributed by atoms with Crippen molar-refractivity contribution in [3.63, 3.8) is 0 Å². The van der Waals surface area contributed by atoms with Gasteiger partial charge in [-0.25, -0.2) is 4.39 Å². The molecule has 1 fully saturated rings. The fourth-order valence-electron chi connectivity index (χ4n) is 2.34. The number of aryl methyl sites for hydroxylation is 1. The van der Waals surface area contributed by atoms with Crippen LogP contribution in [0.2, 0.25) is 0 Å². The van der Waals surface area contributed by atoms with Crippen molar-refractivity contribution in [2.45, 2.75) is 13.5 Å². The molecule has 0 saturated carbocycles. The summed E-state index contributed by atoms with van der Waals surface area (Å²) in [4.78, 5) is 4.87. The van der Waals surface area contributed by atoms with Crippen molar-refractivity contribution >= 4 is 15.9 Å². The van der Waals surface area contributed by atoms with Crippen molar-refractivity contribution in [2.24, 2.45) is 0 Å². The van der Waals surface area contributed by atoms with Gasteiger partial charge in [0.1, 0.15) is 5.82 Å². The highest BCUT2D eigenvalue weighted by atomic mass is 79.9. The summed E-state index contributed by atoms with van der Waals surface area (Å²) in [7, 11) is 0. The van der Waals surface area contributed by atoms with E-state index in [1.807, 2.05) is 6.07 Å². The summed E-state index contributed by atoms with van der Waals surface area (Å²) in [5.74, 6) is -0.131. The summed E-state index contributed by atoms with van der Waals surface area (Å²) in [6, 6.07) is 5.07. The molecule has 0 radical (unpaired) electrons. The lowest BCUT2D eigenvalue weighted by Crippen LogP contribution is -2.46. The lowest BCUT2D eigenvalue weighted by atomic mass is 10.1. The number of benzene rings is 1. The molecule has 2 nitrogen and oxygen atoms in total. The second-order valence-electron chi connectivity index (χ2n) is 4.88. The highest BCUT2D eigenvalue weighted by Crippen LogP contribution is 2.14. The van der Waals surface area contributed by atoms with Gasteiger partial charge in [0.25, 0.3) is 0 Å². The summed E-state index contributed by atoms with van der Waals surface area (Å²) in [6.45, 7) is 8.40. The smallest absolute Gasteiger partial charge is 0.123 e. The first-order chi connectivity index (χ1) is 8.69. The number of alkyl halides is 1. The predicted octanol–water partition coefficient (Wildman–Crippen LogP) is 2.65. The van der Waals surface area contributed by atoms with E-state index in [0.29, 0.717) is 0 Å². The first-order valence-corrected chi connectivity index (χ1v) is 7.57. The minimum Gasteiger partial charge on any atom is -0.300 e. The number of hydrogen-bond acceptors (Lipinski definition) is 2. The lowest BCUT2D eigenvalue weighted by molar-refractivity contribution is 0.133. The number of nitrogens with zero attached hydrogens (tertiary/aromatic N) is 2. The third-order valence-electron chi connectivity index (χ3n) is 3.57. The summed E-state index contributed by atoms with van der Waals surface area (Å²) in [5, 5.41) is 1.04. The lowest BCUT2D eigenvalue weighted by Gasteiger charge is -2.34. The molecule has 1 heterocycles. The Morgan fingerprint density at radius 2 is 1.83 bits per heavy atom. The molecule has 1 aromatic rings. The summed E-state index contributed by atoms with van der Waals surface area (Å²) < 4.78 is 13.2. The monoisotopic (exact) mass is 314 g/mol. The van der Waals surface area contributed by atoms with Crippen molar-refractivity contribution in [1.29, 1.82) is 0 Å². The Morgan fingerprint density at radius 1 is 1.17 bits per heavy atom. The normalized spacial score (nSPS) is 18.2. The largest absolute Gasteiger partial charge is 0.300 e. The number of rotatable bonds is 4. The first kappa shape index (κ1) is 14.0. The Labute approximate surface area is 117 Å². The van der Waals surface area contributed by atoms with Crippen LogP contribution in [0.1, 0.15) is 11.1 Å². The molecule has 0 atom stereocenters. The van der Waals surface area contributed by atoms with Crippen LogP contribution in [0, 0.1) is 12.7 Å². The van der Waals surface area contributed by atoms with E-state index in [4.69, 9.17) is 0 Å². The molecule has 1 aliphatic heterocycles. The van der Waals surface area contributed by atoms with Crippen LogP contribution in [0.3, 0.4) is 0 Å².